The van der Waals surface area contributed by atoms with Gasteiger partial charge in [0.1, 0.15) is 5.82 Å². The van der Waals surface area contributed by atoms with E-state index in [2.05, 4.69) is 55.0 Å². The second-order valence-corrected chi connectivity index (χ2v) is 5.68. The molecule has 1 unspecified atom stereocenters. The van der Waals surface area contributed by atoms with E-state index in [4.69, 9.17) is 0 Å². The second kappa shape index (κ2) is 7.28. The molecule has 1 heterocycles. The summed E-state index contributed by atoms with van der Waals surface area (Å²) in [4.78, 5) is 8.16. The molecule has 2 rings (SSSR count). The average molecular weight is 270 g/mol. The van der Waals surface area contributed by atoms with Crippen molar-refractivity contribution >= 4 is 0 Å². The SMILES string of the molecule is CCCCC(CCC)c1ncc(-c2ccc(C)cc2)[nH]1. The zero-order chi connectivity index (χ0) is 14.4. The third kappa shape index (κ3) is 3.72. The predicted molar refractivity (Wildman–Crippen MR) is 85.9 cm³/mol. The van der Waals surface area contributed by atoms with E-state index >= 15 is 0 Å². The van der Waals surface area contributed by atoms with E-state index in [0.29, 0.717) is 5.92 Å². The standard InChI is InChI=1S/C18H26N2/c1-4-6-8-16(7-5-2)18-19-13-17(20-18)15-11-9-14(3)10-12-15/h9-13,16H,4-8H2,1-3H3,(H,19,20). The summed E-state index contributed by atoms with van der Waals surface area (Å²) >= 11 is 0. The van der Waals surface area contributed by atoms with Crippen molar-refractivity contribution in [2.75, 3.05) is 0 Å². The Labute approximate surface area is 122 Å². The van der Waals surface area contributed by atoms with Gasteiger partial charge in [-0.05, 0) is 25.3 Å². The van der Waals surface area contributed by atoms with Gasteiger partial charge in [-0.1, -0.05) is 62.9 Å². The molecule has 108 valence electrons. The molecule has 0 aliphatic carbocycles. The molecule has 2 nitrogen and oxygen atoms in total. The third-order valence-corrected chi connectivity index (χ3v) is 3.89. The molecule has 0 saturated heterocycles. The molecule has 0 amide bonds. The van der Waals surface area contributed by atoms with Crippen molar-refractivity contribution in [1.29, 1.82) is 0 Å². The van der Waals surface area contributed by atoms with Crippen LogP contribution in [-0.4, -0.2) is 9.97 Å². The molecule has 0 saturated carbocycles. The minimum absolute atomic E-state index is 0.583. The topological polar surface area (TPSA) is 28.7 Å². The molecule has 0 bridgehead atoms. The lowest BCUT2D eigenvalue weighted by Gasteiger charge is -2.12. The van der Waals surface area contributed by atoms with Crippen LogP contribution in [0.4, 0.5) is 0 Å². The van der Waals surface area contributed by atoms with Crippen molar-refractivity contribution in [2.24, 2.45) is 0 Å². The quantitative estimate of drug-likeness (QED) is 0.711. The maximum Gasteiger partial charge on any atom is 0.109 e. The summed E-state index contributed by atoms with van der Waals surface area (Å²) in [6, 6.07) is 8.62. The van der Waals surface area contributed by atoms with E-state index < -0.39 is 0 Å². The minimum atomic E-state index is 0.583. The molecule has 1 N–H and O–H groups in total. The normalized spacial score (nSPS) is 12.6. The number of aryl methyl sites for hydroxylation is 1. The van der Waals surface area contributed by atoms with Crippen molar-refractivity contribution in [2.45, 2.75) is 58.8 Å². The molecule has 2 aromatic rings. The number of hydrogen-bond acceptors (Lipinski definition) is 1. The number of nitrogens with zero attached hydrogens (tertiary/aromatic N) is 1. The Morgan fingerprint density at radius 2 is 1.80 bits per heavy atom. The second-order valence-electron chi connectivity index (χ2n) is 5.68. The first-order chi connectivity index (χ1) is 9.74. The number of rotatable bonds is 7. The summed E-state index contributed by atoms with van der Waals surface area (Å²) in [6.45, 7) is 6.62. The van der Waals surface area contributed by atoms with Crippen LogP contribution in [0, 0.1) is 6.92 Å². The Kier molecular flexibility index (Phi) is 5.40. The van der Waals surface area contributed by atoms with Crippen LogP contribution in [0.25, 0.3) is 11.3 Å². The maximum absolute atomic E-state index is 4.63. The zero-order valence-corrected chi connectivity index (χ0v) is 12.9. The van der Waals surface area contributed by atoms with Gasteiger partial charge in [0.15, 0.2) is 0 Å². The lowest BCUT2D eigenvalue weighted by atomic mass is 9.96. The molecule has 0 radical (unpaired) electrons. The Morgan fingerprint density at radius 1 is 1.05 bits per heavy atom. The van der Waals surface area contributed by atoms with Crippen molar-refractivity contribution in [3.63, 3.8) is 0 Å². The molecule has 1 atom stereocenters. The lowest BCUT2D eigenvalue weighted by Crippen LogP contribution is -2.01. The van der Waals surface area contributed by atoms with Gasteiger partial charge in [0, 0.05) is 5.92 Å². The number of aromatic amines is 1. The molecular weight excluding hydrogens is 244 g/mol. The van der Waals surface area contributed by atoms with Gasteiger partial charge in [-0.25, -0.2) is 4.98 Å². The van der Waals surface area contributed by atoms with Crippen LogP contribution in [-0.2, 0) is 0 Å². The molecule has 0 aliphatic heterocycles. The van der Waals surface area contributed by atoms with Gasteiger partial charge < -0.3 is 4.98 Å². The first kappa shape index (κ1) is 14.8. The Bertz CT molecular complexity index is 510. The predicted octanol–water partition coefficient (Wildman–Crippen LogP) is 5.46. The van der Waals surface area contributed by atoms with Crippen LogP contribution in [0.3, 0.4) is 0 Å². The van der Waals surface area contributed by atoms with Gasteiger partial charge in [0.25, 0.3) is 0 Å². The van der Waals surface area contributed by atoms with Gasteiger partial charge in [-0.3, -0.25) is 0 Å². The van der Waals surface area contributed by atoms with Gasteiger partial charge in [0.2, 0.25) is 0 Å². The molecular formula is C18H26N2. The number of aromatic nitrogens is 2. The third-order valence-electron chi connectivity index (χ3n) is 3.89. The van der Waals surface area contributed by atoms with Crippen LogP contribution in [0.15, 0.2) is 30.5 Å². The summed E-state index contributed by atoms with van der Waals surface area (Å²) in [5.41, 5.74) is 3.65. The highest BCUT2D eigenvalue weighted by molar-refractivity contribution is 5.58. The van der Waals surface area contributed by atoms with Crippen molar-refractivity contribution in [1.82, 2.24) is 9.97 Å². The number of hydrogen-bond donors (Lipinski definition) is 1. The Morgan fingerprint density at radius 3 is 2.45 bits per heavy atom. The number of benzene rings is 1. The molecule has 0 spiro atoms. The highest BCUT2D eigenvalue weighted by atomic mass is 14.9. The molecule has 1 aromatic carbocycles. The van der Waals surface area contributed by atoms with Gasteiger partial charge in [-0.15, -0.1) is 0 Å². The van der Waals surface area contributed by atoms with Crippen LogP contribution in [0.5, 0.6) is 0 Å². The summed E-state index contributed by atoms with van der Waals surface area (Å²) in [6.07, 6.45) is 8.20. The van der Waals surface area contributed by atoms with Crippen molar-refractivity contribution < 1.29 is 0 Å². The smallest absolute Gasteiger partial charge is 0.109 e. The maximum atomic E-state index is 4.63. The largest absolute Gasteiger partial charge is 0.342 e. The lowest BCUT2D eigenvalue weighted by molar-refractivity contribution is 0.521. The first-order valence-electron chi connectivity index (χ1n) is 7.86. The highest BCUT2D eigenvalue weighted by Crippen LogP contribution is 2.27. The van der Waals surface area contributed by atoms with E-state index in [1.807, 2.05) is 6.20 Å². The summed E-state index contributed by atoms with van der Waals surface area (Å²) < 4.78 is 0. The minimum Gasteiger partial charge on any atom is -0.342 e. The number of H-pyrrole nitrogens is 1. The van der Waals surface area contributed by atoms with E-state index in [0.717, 1.165) is 11.5 Å². The van der Waals surface area contributed by atoms with Gasteiger partial charge in [-0.2, -0.15) is 0 Å². The highest BCUT2D eigenvalue weighted by Gasteiger charge is 2.14. The van der Waals surface area contributed by atoms with Crippen LogP contribution in [0.1, 0.15) is 63.3 Å². The van der Waals surface area contributed by atoms with E-state index in [1.165, 1.54) is 43.2 Å². The van der Waals surface area contributed by atoms with Gasteiger partial charge >= 0.3 is 0 Å². The van der Waals surface area contributed by atoms with E-state index in [1.54, 1.807) is 0 Å². The fourth-order valence-electron chi connectivity index (χ4n) is 2.64. The van der Waals surface area contributed by atoms with Gasteiger partial charge in [0.05, 0.1) is 11.9 Å². The summed E-state index contributed by atoms with van der Waals surface area (Å²) in [7, 11) is 0. The van der Waals surface area contributed by atoms with E-state index in [9.17, 15) is 0 Å². The Balaban J connectivity index is 2.15. The molecule has 2 heteroatoms. The first-order valence-corrected chi connectivity index (χ1v) is 7.86. The molecule has 0 fully saturated rings. The summed E-state index contributed by atoms with van der Waals surface area (Å²) in [5, 5.41) is 0. The molecule has 20 heavy (non-hydrogen) atoms. The number of nitrogens with one attached hydrogen (secondary N) is 1. The van der Waals surface area contributed by atoms with Crippen LogP contribution < -0.4 is 0 Å². The monoisotopic (exact) mass is 270 g/mol. The van der Waals surface area contributed by atoms with E-state index in [-0.39, 0.29) is 0 Å². The van der Waals surface area contributed by atoms with Crippen molar-refractivity contribution in [3.05, 3.63) is 41.9 Å². The fraction of sp³-hybridized carbons (Fsp3) is 0.500. The van der Waals surface area contributed by atoms with Crippen LogP contribution in [0.2, 0.25) is 0 Å². The fourth-order valence-corrected chi connectivity index (χ4v) is 2.64. The number of unbranched alkanes of at least 4 members (excludes halogenated alkanes) is 1. The molecule has 1 aromatic heterocycles. The van der Waals surface area contributed by atoms with Crippen LogP contribution >= 0.6 is 0 Å². The average Bonchev–Trinajstić information content (AvgIpc) is 2.94. The molecule has 0 aliphatic rings. The number of imidazole rings is 1. The summed E-state index contributed by atoms with van der Waals surface area (Å²) in [5.74, 6) is 1.75. The zero-order valence-electron chi connectivity index (χ0n) is 12.9. The van der Waals surface area contributed by atoms with Crippen molar-refractivity contribution in [3.8, 4) is 11.3 Å². The Hall–Kier alpha value is -1.57.